The number of hydrogen-bond acceptors (Lipinski definition) is 5. The summed E-state index contributed by atoms with van der Waals surface area (Å²) in [5.74, 6) is 2.03. The van der Waals surface area contributed by atoms with Crippen molar-refractivity contribution < 1.29 is 14.1 Å². The van der Waals surface area contributed by atoms with Gasteiger partial charge in [0.25, 0.3) is 5.91 Å². The Morgan fingerprint density at radius 3 is 2.41 bits per heavy atom. The van der Waals surface area contributed by atoms with E-state index in [1.165, 1.54) is 5.56 Å². The highest BCUT2D eigenvalue weighted by Crippen LogP contribution is 2.39. The van der Waals surface area contributed by atoms with Crippen molar-refractivity contribution in [3.63, 3.8) is 0 Å². The van der Waals surface area contributed by atoms with Gasteiger partial charge in [-0.15, -0.1) is 0 Å². The van der Waals surface area contributed by atoms with E-state index in [-0.39, 0.29) is 17.7 Å². The number of aryl methyl sites for hydroxylation is 1. The van der Waals surface area contributed by atoms with E-state index in [1.807, 2.05) is 23.1 Å². The first-order chi connectivity index (χ1) is 13.2. The van der Waals surface area contributed by atoms with E-state index in [1.54, 1.807) is 38.3 Å². The number of carbonyl (C=O) groups is 1. The average Bonchev–Trinajstić information content (AvgIpc) is 3.34. The quantitative estimate of drug-likeness (QED) is 0.710. The van der Waals surface area contributed by atoms with Crippen molar-refractivity contribution in [1.29, 1.82) is 0 Å². The number of nitrogens with zero attached hydrogens (tertiary/aromatic N) is 3. The average molecular weight is 363 g/mol. The Hall–Kier alpha value is -3.15. The van der Waals surface area contributed by atoms with Crippen molar-refractivity contribution in [2.24, 2.45) is 0 Å². The lowest BCUT2D eigenvalue weighted by molar-refractivity contribution is 0.0788. The second-order valence-corrected chi connectivity index (χ2v) is 6.74. The first-order valence-electron chi connectivity index (χ1n) is 8.94. The molecule has 0 aliphatic carbocycles. The van der Waals surface area contributed by atoms with Crippen molar-refractivity contribution in [2.45, 2.75) is 18.8 Å². The molecule has 0 radical (unpaired) electrons. The molecule has 1 fully saturated rings. The molecular formula is C21H21N3O3. The van der Waals surface area contributed by atoms with Gasteiger partial charge in [-0.2, -0.15) is 4.98 Å². The minimum absolute atomic E-state index is 0.00248. The summed E-state index contributed by atoms with van der Waals surface area (Å²) in [7, 11) is 1.61. The number of benzene rings is 2. The molecule has 2 heterocycles. The van der Waals surface area contributed by atoms with Crippen LogP contribution in [0.2, 0.25) is 0 Å². The number of carbonyl (C=O) groups excluding carboxylic acids is 1. The predicted molar refractivity (Wildman–Crippen MR) is 99.9 cm³/mol. The Kier molecular flexibility index (Phi) is 4.62. The molecule has 0 saturated carbocycles. The van der Waals surface area contributed by atoms with E-state index in [9.17, 15) is 4.79 Å². The molecule has 1 aliphatic rings. The third-order valence-electron chi connectivity index (χ3n) is 5.03. The Bertz CT molecular complexity index is 921. The zero-order chi connectivity index (χ0) is 18.8. The molecule has 2 unspecified atom stereocenters. The van der Waals surface area contributed by atoms with Crippen LogP contribution in [-0.2, 0) is 0 Å². The summed E-state index contributed by atoms with van der Waals surface area (Å²) in [6.45, 7) is 2.97. The van der Waals surface area contributed by atoms with Gasteiger partial charge in [0.1, 0.15) is 5.75 Å². The summed E-state index contributed by atoms with van der Waals surface area (Å²) in [5, 5.41) is 3.93. The molecule has 6 heteroatoms. The van der Waals surface area contributed by atoms with Gasteiger partial charge in [0, 0.05) is 24.6 Å². The fourth-order valence-electron chi connectivity index (χ4n) is 3.64. The normalized spacial score (nSPS) is 19.3. The summed E-state index contributed by atoms with van der Waals surface area (Å²) >= 11 is 0. The molecule has 0 bridgehead atoms. The molecule has 0 N–H and O–H groups in total. The highest BCUT2D eigenvalue weighted by Gasteiger charge is 2.40. The standard InChI is InChI=1S/C21H21N3O3/c1-14-22-20(27-23-14)19-13-24(12-18(19)15-6-4-3-5-7-15)21(25)16-8-10-17(26-2)11-9-16/h3-11,18-19H,12-13H2,1-2H3. The van der Waals surface area contributed by atoms with Gasteiger partial charge in [-0.1, -0.05) is 35.5 Å². The van der Waals surface area contributed by atoms with E-state index in [2.05, 4.69) is 22.3 Å². The van der Waals surface area contributed by atoms with Gasteiger partial charge in [-0.25, -0.2) is 0 Å². The molecule has 0 spiro atoms. The van der Waals surface area contributed by atoms with Crippen molar-refractivity contribution in [3.05, 3.63) is 77.4 Å². The van der Waals surface area contributed by atoms with Crippen LogP contribution in [-0.4, -0.2) is 41.1 Å². The van der Waals surface area contributed by atoms with Gasteiger partial charge in [0.2, 0.25) is 5.89 Å². The first kappa shape index (κ1) is 17.3. The summed E-state index contributed by atoms with van der Waals surface area (Å²) in [6.07, 6.45) is 0. The van der Waals surface area contributed by atoms with Crippen LogP contribution in [0.15, 0.2) is 59.1 Å². The van der Waals surface area contributed by atoms with Crippen LogP contribution >= 0.6 is 0 Å². The maximum absolute atomic E-state index is 13.0. The molecule has 138 valence electrons. The molecule has 3 aromatic rings. The lowest BCUT2D eigenvalue weighted by Crippen LogP contribution is -2.28. The molecule has 1 saturated heterocycles. The van der Waals surface area contributed by atoms with Crippen molar-refractivity contribution in [1.82, 2.24) is 15.0 Å². The van der Waals surface area contributed by atoms with Crippen LogP contribution in [0.3, 0.4) is 0 Å². The lowest BCUT2D eigenvalue weighted by Gasteiger charge is -2.17. The zero-order valence-corrected chi connectivity index (χ0v) is 15.3. The number of amides is 1. The van der Waals surface area contributed by atoms with E-state index in [0.29, 0.717) is 30.4 Å². The van der Waals surface area contributed by atoms with E-state index >= 15 is 0 Å². The van der Waals surface area contributed by atoms with Gasteiger partial charge >= 0.3 is 0 Å². The molecular weight excluding hydrogens is 342 g/mol. The summed E-state index contributed by atoms with van der Waals surface area (Å²) in [4.78, 5) is 19.3. The number of ether oxygens (including phenoxy) is 1. The molecule has 2 aromatic carbocycles. The monoisotopic (exact) mass is 363 g/mol. The Morgan fingerprint density at radius 1 is 1.07 bits per heavy atom. The fourth-order valence-corrected chi connectivity index (χ4v) is 3.64. The van der Waals surface area contributed by atoms with E-state index in [0.717, 1.165) is 5.75 Å². The van der Waals surface area contributed by atoms with Crippen LogP contribution in [0.5, 0.6) is 5.75 Å². The maximum Gasteiger partial charge on any atom is 0.253 e. The molecule has 4 rings (SSSR count). The highest BCUT2D eigenvalue weighted by atomic mass is 16.5. The third-order valence-corrected chi connectivity index (χ3v) is 5.03. The van der Waals surface area contributed by atoms with Crippen molar-refractivity contribution in [3.8, 4) is 5.75 Å². The molecule has 1 aliphatic heterocycles. The van der Waals surface area contributed by atoms with E-state index < -0.39 is 0 Å². The largest absolute Gasteiger partial charge is 0.497 e. The number of likely N-dealkylation sites (tertiary alicyclic amines) is 1. The summed E-state index contributed by atoms with van der Waals surface area (Å²) < 4.78 is 10.6. The highest BCUT2D eigenvalue weighted by molar-refractivity contribution is 5.94. The lowest BCUT2D eigenvalue weighted by atomic mass is 9.89. The zero-order valence-electron chi connectivity index (χ0n) is 15.3. The number of rotatable bonds is 4. The Morgan fingerprint density at radius 2 is 1.78 bits per heavy atom. The van der Waals surface area contributed by atoms with Crippen LogP contribution in [0.25, 0.3) is 0 Å². The van der Waals surface area contributed by atoms with Crippen LogP contribution in [0.1, 0.15) is 39.5 Å². The van der Waals surface area contributed by atoms with E-state index in [4.69, 9.17) is 9.26 Å². The van der Waals surface area contributed by atoms with Gasteiger partial charge < -0.3 is 14.2 Å². The molecule has 2 atom stereocenters. The van der Waals surface area contributed by atoms with Gasteiger partial charge in [-0.05, 0) is 36.8 Å². The van der Waals surface area contributed by atoms with Crippen molar-refractivity contribution >= 4 is 5.91 Å². The van der Waals surface area contributed by atoms with Gasteiger partial charge in [-0.3, -0.25) is 4.79 Å². The minimum atomic E-state index is -0.0178. The van der Waals surface area contributed by atoms with Crippen LogP contribution in [0.4, 0.5) is 0 Å². The van der Waals surface area contributed by atoms with Crippen LogP contribution < -0.4 is 4.74 Å². The number of methoxy groups -OCH3 is 1. The summed E-state index contributed by atoms with van der Waals surface area (Å²) in [5.41, 5.74) is 1.81. The molecule has 27 heavy (non-hydrogen) atoms. The third kappa shape index (κ3) is 3.43. The first-order valence-corrected chi connectivity index (χ1v) is 8.94. The number of hydrogen-bond donors (Lipinski definition) is 0. The van der Waals surface area contributed by atoms with Crippen LogP contribution in [0, 0.1) is 6.92 Å². The SMILES string of the molecule is COc1ccc(C(=O)N2CC(c3ccccc3)C(c3nc(C)no3)C2)cc1. The molecule has 1 amide bonds. The fraction of sp³-hybridized carbons (Fsp3) is 0.286. The molecule has 1 aromatic heterocycles. The minimum Gasteiger partial charge on any atom is -0.497 e. The van der Waals surface area contributed by atoms with Gasteiger partial charge in [0.15, 0.2) is 5.82 Å². The van der Waals surface area contributed by atoms with Gasteiger partial charge in [0.05, 0.1) is 13.0 Å². The second kappa shape index (κ2) is 7.23. The maximum atomic E-state index is 13.0. The van der Waals surface area contributed by atoms with Crippen molar-refractivity contribution in [2.75, 3.05) is 20.2 Å². The molecule has 6 nitrogen and oxygen atoms in total. The number of aromatic nitrogens is 2. The summed E-state index contributed by atoms with van der Waals surface area (Å²) in [6, 6.07) is 17.4. The predicted octanol–water partition coefficient (Wildman–Crippen LogP) is 3.41. The Labute approximate surface area is 157 Å². The smallest absolute Gasteiger partial charge is 0.253 e. The Balaban J connectivity index is 1.62. The second-order valence-electron chi connectivity index (χ2n) is 6.74. The topological polar surface area (TPSA) is 68.5 Å².